The van der Waals surface area contributed by atoms with E-state index in [1.807, 2.05) is 4.90 Å². The number of nitrogens with zero attached hydrogens (tertiary/aromatic N) is 1. The lowest BCUT2D eigenvalue weighted by Gasteiger charge is -2.33. The van der Waals surface area contributed by atoms with Crippen LogP contribution in [-0.2, 0) is 0 Å². The minimum Gasteiger partial charge on any atom is -0.314 e. The zero-order valence-electron chi connectivity index (χ0n) is 10.0. The van der Waals surface area contributed by atoms with Crippen LogP contribution in [0.15, 0.2) is 12.1 Å². The van der Waals surface area contributed by atoms with Crippen LogP contribution in [0.2, 0.25) is 0 Å². The van der Waals surface area contributed by atoms with E-state index >= 15 is 0 Å². The lowest BCUT2D eigenvalue weighted by atomic mass is 10.0. The SMILES string of the molecule is C[C@@H](c1c(F)cc(F)cc1F)N1CCNCC1.Cl. The zero-order chi connectivity index (χ0) is 12.4. The van der Waals surface area contributed by atoms with E-state index in [1.54, 1.807) is 6.92 Å². The molecule has 0 bridgehead atoms. The molecule has 2 nitrogen and oxygen atoms in total. The molecule has 0 radical (unpaired) electrons. The molecule has 0 spiro atoms. The Balaban J connectivity index is 0.00000162. The highest BCUT2D eigenvalue weighted by Crippen LogP contribution is 2.26. The van der Waals surface area contributed by atoms with Crippen LogP contribution >= 0.6 is 12.4 Å². The minimum absolute atomic E-state index is 0. The van der Waals surface area contributed by atoms with Gasteiger partial charge in [-0.15, -0.1) is 12.4 Å². The van der Waals surface area contributed by atoms with Crippen LogP contribution in [-0.4, -0.2) is 31.1 Å². The maximum absolute atomic E-state index is 13.6. The van der Waals surface area contributed by atoms with Crippen molar-refractivity contribution < 1.29 is 13.2 Å². The van der Waals surface area contributed by atoms with Crippen molar-refractivity contribution in [1.29, 1.82) is 0 Å². The van der Waals surface area contributed by atoms with Crippen molar-refractivity contribution in [2.24, 2.45) is 0 Å². The van der Waals surface area contributed by atoms with Gasteiger partial charge in [-0.3, -0.25) is 4.90 Å². The number of nitrogens with one attached hydrogen (secondary N) is 1. The summed E-state index contributed by atoms with van der Waals surface area (Å²) in [5, 5.41) is 3.17. The smallest absolute Gasteiger partial charge is 0.133 e. The van der Waals surface area contributed by atoms with E-state index in [0.29, 0.717) is 0 Å². The van der Waals surface area contributed by atoms with Crippen molar-refractivity contribution in [1.82, 2.24) is 10.2 Å². The van der Waals surface area contributed by atoms with Gasteiger partial charge in [-0.1, -0.05) is 0 Å². The average Bonchev–Trinajstić information content (AvgIpc) is 2.28. The summed E-state index contributed by atoms with van der Waals surface area (Å²) in [4.78, 5) is 1.98. The first-order valence-corrected chi connectivity index (χ1v) is 5.69. The Bertz CT molecular complexity index is 385. The predicted molar refractivity (Wildman–Crippen MR) is 66.4 cm³/mol. The summed E-state index contributed by atoms with van der Waals surface area (Å²) in [6.45, 7) is 4.81. The fourth-order valence-electron chi connectivity index (χ4n) is 2.20. The van der Waals surface area contributed by atoms with Gasteiger partial charge in [0.2, 0.25) is 0 Å². The Morgan fingerprint density at radius 3 is 2.11 bits per heavy atom. The van der Waals surface area contributed by atoms with Gasteiger partial charge in [0.1, 0.15) is 17.5 Å². The Morgan fingerprint density at radius 2 is 1.61 bits per heavy atom. The molecule has 1 aliphatic rings. The molecule has 1 aromatic rings. The van der Waals surface area contributed by atoms with Crippen molar-refractivity contribution in [2.75, 3.05) is 26.2 Å². The highest BCUT2D eigenvalue weighted by Gasteiger charge is 2.24. The van der Waals surface area contributed by atoms with Gasteiger partial charge in [-0.25, -0.2) is 13.2 Å². The molecule has 1 heterocycles. The van der Waals surface area contributed by atoms with Gasteiger partial charge in [-0.05, 0) is 6.92 Å². The number of hydrogen-bond donors (Lipinski definition) is 1. The highest BCUT2D eigenvalue weighted by atomic mass is 35.5. The number of benzene rings is 1. The molecule has 0 aliphatic carbocycles. The summed E-state index contributed by atoms with van der Waals surface area (Å²) in [6.07, 6.45) is 0. The number of halogens is 4. The van der Waals surface area contributed by atoms with E-state index in [2.05, 4.69) is 5.32 Å². The van der Waals surface area contributed by atoms with Crippen LogP contribution in [0.5, 0.6) is 0 Å². The monoisotopic (exact) mass is 280 g/mol. The number of piperazine rings is 1. The maximum Gasteiger partial charge on any atom is 0.133 e. The van der Waals surface area contributed by atoms with E-state index in [-0.39, 0.29) is 24.0 Å². The third-order valence-corrected chi connectivity index (χ3v) is 3.16. The molecule has 1 aliphatic heterocycles. The van der Waals surface area contributed by atoms with Crippen LogP contribution in [0.3, 0.4) is 0 Å². The lowest BCUT2D eigenvalue weighted by molar-refractivity contribution is 0.178. The van der Waals surface area contributed by atoms with Crippen molar-refractivity contribution in [3.05, 3.63) is 35.1 Å². The molecule has 1 atom stereocenters. The first-order chi connectivity index (χ1) is 8.09. The number of hydrogen-bond acceptors (Lipinski definition) is 2. The molecule has 1 saturated heterocycles. The van der Waals surface area contributed by atoms with Gasteiger partial charge in [0, 0.05) is 49.9 Å². The fraction of sp³-hybridized carbons (Fsp3) is 0.500. The summed E-state index contributed by atoms with van der Waals surface area (Å²) < 4.78 is 40.0. The van der Waals surface area contributed by atoms with Gasteiger partial charge < -0.3 is 5.32 Å². The molecule has 1 aromatic carbocycles. The van der Waals surface area contributed by atoms with Gasteiger partial charge in [0.05, 0.1) is 0 Å². The van der Waals surface area contributed by atoms with Crippen LogP contribution in [0.4, 0.5) is 13.2 Å². The largest absolute Gasteiger partial charge is 0.314 e. The third kappa shape index (κ3) is 3.16. The molecule has 18 heavy (non-hydrogen) atoms. The Kier molecular flexibility index (Phi) is 5.44. The van der Waals surface area contributed by atoms with Crippen molar-refractivity contribution in [3.63, 3.8) is 0 Å². The van der Waals surface area contributed by atoms with Gasteiger partial charge >= 0.3 is 0 Å². The van der Waals surface area contributed by atoms with Crippen molar-refractivity contribution in [2.45, 2.75) is 13.0 Å². The molecule has 0 amide bonds. The Labute approximate surface area is 111 Å². The van der Waals surface area contributed by atoms with Crippen molar-refractivity contribution in [3.8, 4) is 0 Å². The topological polar surface area (TPSA) is 15.3 Å². The molecular formula is C12H16ClF3N2. The van der Waals surface area contributed by atoms with Crippen LogP contribution in [0.25, 0.3) is 0 Å². The molecule has 0 aromatic heterocycles. The zero-order valence-corrected chi connectivity index (χ0v) is 10.9. The predicted octanol–water partition coefficient (Wildman–Crippen LogP) is 2.49. The quantitative estimate of drug-likeness (QED) is 0.895. The highest BCUT2D eigenvalue weighted by molar-refractivity contribution is 5.85. The maximum atomic E-state index is 13.6. The minimum atomic E-state index is -0.878. The molecule has 1 N–H and O–H groups in total. The summed E-state index contributed by atoms with van der Waals surface area (Å²) in [5.41, 5.74) is -0.0479. The molecule has 6 heteroatoms. The van der Waals surface area contributed by atoms with Gasteiger partial charge in [-0.2, -0.15) is 0 Å². The fourth-order valence-corrected chi connectivity index (χ4v) is 2.20. The summed E-state index contributed by atoms with van der Waals surface area (Å²) in [6, 6.07) is 1.09. The summed E-state index contributed by atoms with van der Waals surface area (Å²) >= 11 is 0. The lowest BCUT2D eigenvalue weighted by Crippen LogP contribution is -2.44. The van der Waals surface area contributed by atoms with E-state index in [1.165, 1.54) is 0 Å². The third-order valence-electron chi connectivity index (χ3n) is 3.16. The molecule has 1 fully saturated rings. The molecule has 0 unspecified atom stereocenters. The van der Waals surface area contributed by atoms with E-state index in [4.69, 9.17) is 0 Å². The first kappa shape index (κ1) is 15.3. The second-order valence-corrected chi connectivity index (χ2v) is 4.25. The van der Waals surface area contributed by atoms with E-state index in [9.17, 15) is 13.2 Å². The second kappa shape index (κ2) is 6.41. The molecule has 102 valence electrons. The Hall–Kier alpha value is -0.780. The summed E-state index contributed by atoms with van der Waals surface area (Å²) in [7, 11) is 0. The van der Waals surface area contributed by atoms with Crippen LogP contribution < -0.4 is 5.32 Å². The first-order valence-electron chi connectivity index (χ1n) is 5.69. The Morgan fingerprint density at radius 1 is 1.11 bits per heavy atom. The second-order valence-electron chi connectivity index (χ2n) is 4.25. The molecule has 2 rings (SSSR count). The van der Waals surface area contributed by atoms with E-state index in [0.717, 1.165) is 38.3 Å². The molecule has 0 saturated carbocycles. The molecular weight excluding hydrogens is 265 g/mol. The van der Waals surface area contributed by atoms with Gasteiger partial charge in [0.15, 0.2) is 0 Å². The standard InChI is InChI=1S/C12H15F3N2.ClH/c1-8(17-4-2-16-3-5-17)12-10(14)6-9(13)7-11(12)15;/h6-8,16H,2-5H2,1H3;1H/t8-;/m0./s1. The average molecular weight is 281 g/mol. The van der Waals surface area contributed by atoms with Crippen LogP contribution in [0, 0.1) is 17.5 Å². The van der Waals surface area contributed by atoms with Gasteiger partial charge in [0.25, 0.3) is 0 Å². The van der Waals surface area contributed by atoms with E-state index < -0.39 is 17.5 Å². The normalized spacial score (nSPS) is 18.2. The van der Waals surface area contributed by atoms with Crippen molar-refractivity contribution >= 4 is 12.4 Å². The summed E-state index contributed by atoms with van der Waals surface area (Å²) in [5.74, 6) is -2.50. The number of rotatable bonds is 2. The van der Waals surface area contributed by atoms with Crippen LogP contribution in [0.1, 0.15) is 18.5 Å².